The van der Waals surface area contributed by atoms with Gasteiger partial charge in [0.05, 0.1) is 0 Å². The summed E-state index contributed by atoms with van der Waals surface area (Å²) in [4.78, 5) is 19.6. The van der Waals surface area contributed by atoms with E-state index in [9.17, 15) is 4.79 Å². The maximum absolute atomic E-state index is 11.4. The van der Waals surface area contributed by atoms with E-state index in [-0.39, 0.29) is 5.76 Å². The van der Waals surface area contributed by atoms with Crippen molar-refractivity contribution in [1.82, 2.24) is 9.88 Å². The molecule has 0 aliphatic carbocycles. The fourth-order valence-electron chi connectivity index (χ4n) is 4.70. The first-order valence-corrected chi connectivity index (χ1v) is 11.5. The van der Waals surface area contributed by atoms with Crippen LogP contribution >= 0.6 is 0 Å². The van der Waals surface area contributed by atoms with Crippen LogP contribution in [0.3, 0.4) is 0 Å². The molecule has 1 fully saturated rings. The Balaban J connectivity index is 1.11. The number of aromatic nitrogens is 1. The highest BCUT2D eigenvalue weighted by Gasteiger charge is 2.18. The highest BCUT2D eigenvalue weighted by Crippen LogP contribution is 2.26. The Hall–Kier alpha value is -3.69. The molecule has 6 nitrogen and oxygen atoms in total. The van der Waals surface area contributed by atoms with Crippen molar-refractivity contribution in [2.45, 2.75) is 19.3 Å². The lowest BCUT2D eigenvalue weighted by Crippen LogP contribution is -2.46. The summed E-state index contributed by atoms with van der Waals surface area (Å²) in [5.41, 5.74) is 10.6. The number of nitrogens with zero attached hydrogens (tertiary/aromatic N) is 2. The predicted molar refractivity (Wildman–Crippen MR) is 133 cm³/mol. The van der Waals surface area contributed by atoms with E-state index in [1.165, 1.54) is 17.4 Å². The number of fused-ring (bicyclic) bond motifs is 2. The molecular formula is C27H28N4O2. The highest BCUT2D eigenvalue weighted by molar-refractivity contribution is 5.95. The molecule has 3 N–H and O–H groups in total. The monoisotopic (exact) mass is 440 g/mol. The second kappa shape index (κ2) is 9.05. The van der Waals surface area contributed by atoms with Crippen LogP contribution in [0.2, 0.25) is 0 Å². The molecule has 3 heterocycles. The predicted octanol–water partition coefficient (Wildman–Crippen LogP) is 4.14. The minimum Gasteiger partial charge on any atom is -0.451 e. The van der Waals surface area contributed by atoms with E-state index in [1.807, 2.05) is 12.1 Å². The number of aryl methyl sites for hydroxylation is 1. The van der Waals surface area contributed by atoms with Crippen molar-refractivity contribution in [3.8, 4) is 12.3 Å². The normalized spacial score (nSPS) is 14.7. The molecule has 6 heteroatoms. The lowest BCUT2D eigenvalue weighted by Gasteiger charge is -2.36. The van der Waals surface area contributed by atoms with Crippen LogP contribution in [0.15, 0.2) is 53.1 Å². The molecule has 0 bridgehead atoms. The molecule has 5 rings (SSSR count). The fraction of sp³-hybridized carbons (Fsp3) is 0.296. The number of hydrogen-bond donors (Lipinski definition) is 2. The van der Waals surface area contributed by atoms with Gasteiger partial charge in [0.25, 0.3) is 5.91 Å². The lowest BCUT2D eigenvalue weighted by molar-refractivity contribution is 0.0976. The molecule has 168 valence electrons. The number of nitrogens with two attached hydrogens (primary N) is 1. The Morgan fingerprint density at radius 1 is 1.09 bits per heavy atom. The number of nitrogens with one attached hydrogen (secondary N) is 1. The number of furan rings is 1. The van der Waals surface area contributed by atoms with Crippen LogP contribution < -0.4 is 10.6 Å². The van der Waals surface area contributed by atoms with Gasteiger partial charge in [0.15, 0.2) is 5.76 Å². The van der Waals surface area contributed by atoms with E-state index in [2.05, 4.69) is 51.2 Å². The third-order valence-electron chi connectivity index (χ3n) is 6.58. The van der Waals surface area contributed by atoms with E-state index < -0.39 is 5.91 Å². The number of aromatic amines is 1. The fourth-order valence-corrected chi connectivity index (χ4v) is 4.70. The van der Waals surface area contributed by atoms with Gasteiger partial charge in [-0.1, -0.05) is 5.92 Å². The molecule has 2 aromatic heterocycles. The van der Waals surface area contributed by atoms with E-state index in [4.69, 9.17) is 16.6 Å². The van der Waals surface area contributed by atoms with Crippen molar-refractivity contribution in [3.05, 3.63) is 65.5 Å². The van der Waals surface area contributed by atoms with Crippen LogP contribution in [0.25, 0.3) is 21.9 Å². The molecule has 2 aromatic carbocycles. The van der Waals surface area contributed by atoms with Crippen molar-refractivity contribution in [2.24, 2.45) is 5.73 Å². The van der Waals surface area contributed by atoms with Gasteiger partial charge < -0.3 is 20.0 Å². The third-order valence-corrected chi connectivity index (χ3v) is 6.58. The van der Waals surface area contributed by atoms with E-state index in [0.717, 1.165) is 67.7 Å². The largest absolute Gasteiger partial charge is 0.451 e. The topological polar surface area (TPSA) is 78.5 Å². The van der Waals surface area contributed by atoms with Crippen LogP contribution in [0.5, 0.6) is 0 Å². The zero-order chi connectivity index (χ0) is 22.8. The zero-order valence-corrected chi connectivity index (χ0v) is 18.6. The molecule has 1 aliphatic rings. The van der Waals surface area contributed by atoms with Crippen LogP contribution in [-0.2, 0) is 6.42 Å². The SMILES string of the molecule is C#Cc1ccc2[nH]cc(CCCCN3CCN(c4ccc5oc(C(N)=O)cc5c4)CC3)c2c1. The summed E-state index contributed by atoms with van der Waals surface area (Å²) in [5, 5.41) is 2.16. The van der Waals surface area contributed by atoms with Crippen molar-refractivity contribution in [2.75, 3.05) is 37.6 Å². The quantitative estimate of drug-likeness (QED) is 0.334. The molecule has 0 spiro atoms. The molecule has 1 aliphatic heterocycles. The Morgan fingerprint density at radius 3 is 2.73 bits per heavy atom. The van der Waals surface area contributed by atoms with Crippen molar-refractivity contribution in [3.63, 3.8) is 0 Å². The molecule has 0 radical (unpaired) electrons. The van der Waals surface area contributed by atoms with Gasteiger partial charge in [-0.15, -0.1) is 6.42 Å². The van der Waals surface area contributed by atoms with Gasteiger partial charge in [0, 0.05) is 59.9 Å². The Kier molecular flexibility index (Phi) is 5.80. The highest BCUT2D eigenvalue weighted by atomic mass is 16.3. The number of primary amides is 1. The first kappa shape index (κ1) is 21.2. The molecule has 1 saturated heterocycles. The number of hydrogen-bond acceptors (Lipinski definition) is 4. The summed E-state index contributed by atoms with van der Waals surface area (Å²) < 4.78 is 5.49. The summed E-state index contributed by atoms with van der Waals surface area (Å²) in [6, 6.07) is 13.9. The van der Waals surface area contributed by atoms with Crippen molar-refractivity contribution < 1.29 is 9.21 Å². The van der Waals surface area contributed by atoms with Crippen LogP contribution in [0.4, 0.5) is 5.69 Å². The van der Waals surface area contributed by atoms with Crippen molar-refractivity contribution in [1.29, 1.82) is 0 Å². The Bertz CT molecular complexity index is 1340. The minimum atomic E-state index is -0.539. The number of rotatable bonds is 7. The van der Waals surface area contributed by atoms with E-state index >= 15 is 0 Å². The smallest absolute Gasteiger partial charge is 0.284 e. The van der Waals surface area contributed by atoms with Gasteiger partial charge in [-0.2, -0.15) is 0 Å². The summed E-state index contributed by atoms with van der Waals surface area (Å²) in [7, 11) is 0. The number of benzene rings is 2. The third kappa shape index (κ3) is 4.46. The molecule has 0 unspecified atom stereocenters. The number of anilines is 1. The molecule has 4 aromatic rings. The van der Waals surface area contributed by atoms with E-state index in [1.54, 1.807) is 6.07 Å². The molecular weight excluding hydrogens is 412 g/mol. The zero-order valence-electron chi connectivity index (χ0n) is 18.6. The average molecular weight is 441 g/mol. The summed E-state index contributed by atoms with van der Waals surface area (Å²) in [6.07, 6.45) is 11.1. The lowest BCUT2D eigenvalue weighted by atomic mass is 10.0. The maximum atomic E-state index is 11.4. The summed E-state index contributed by atoms with van der Waals surface area (Å²) >= 11 is 0. The van der Waals surface area contributed by atoms with Crippen LogP contribution in [0, 0.1) is 12.3 Å². The van der Waals surface area contributed by atoms with Gasteiger partial charge >= 0.3 is 0 Å². The number of carbonyl (C=O) groups is 1. The second-order valence-electron chi connectivity index (χ2n) is 8.70. The number of carbonyl (C=O) groups excluding carboxylic acids is 1. The molecule has 1 amide bonds. The maximum Gasteiger partial charge on any atom is 0.284 e. The van der Waals surface area contributed by atoms with E-state index in [0.29, 0.717) is 5.58 Å². The summed E-state index contributed by atoms with van der Waals surface area (Å²) in [6.45, 7) is 5.20. The second-order valence-corrected chi connectivity index (χ2v) is 8.70. The van der Waals surface area contributed by atoms with Gasteiger partial charge in [0.2, 0.25) is 0 Å². The van der Waals surface area contributed by atoms with Crippen LogP contribution in [-0.4, -0.2) is 48.5 Å². The molecule has 0 atom stereocenters. The van der Waals surface area contributed by atoms with Gasteiger partial charge in [-0.05, 0) is 73.8 Å². The number of piperazine rings is 1. The standard InChI is InChI=1S/C27H28N4O2/c1-2-19-6-8-24-23(15-19)20(18-29-24)5-3-4-10-30-11-13-31(14-12-30)22-7-9-25-21(16-22)17-26(33-25)27(28)32/h1,6-9,15-18,29H,3-5,10-14H2,(H2,28,32). The summed E-state index contributed by atoms with van der Waals surface area (Å²) in [5.74, 6) is 2.39. The van der Waals surface area contributed by atoms with Crippen molar-refractivity contribution >= 4 is 33.5 Å². The van der Waals surface area contributed by atoms with Crippen LogP contribution in [0.1, 0.15) is 34.5 Å². The minimum absolute atomic E-state index is 0.205. The average Bonchev–Trinajstić information content (AvgIpc) is 3.45. The molecule has 33 heavy (non-hydrogen) atoms. The van der Waals surface area contributed by atoms with Gasteiger partial charge in [-0.3, -0.25) is 9.69 Å². The number of amides is 1. The molecule has 0 saturated carbocycles. The number of terminal acetylenes is 1. The Morgan fingerprint density at radius 2 is 1.94 bits per heavy atom. The number of H-pyrrole nitrogens is 1. The van der Waals surface area contributed by atoms with Gasteiger partial charge in [-0.25, -0.2) is 0 Å². The first-order chi connectivity index (χ1) is 16.1. The number of unbranched alkanes of at least 4 members (excludes halogenated alkanes) is 1. The first-order valence-electron chi connectivity index (χ1n) is 11.5. The Labute approximate surface area is 193 Å². The van der Waals surface area contributed by atoms with Gasteiger partial charge in [0.1, 0.15) is 5.58 Å².